The van der Waals surface area contributed by atoms with Gasteiger partial charge in [-0.3, -0.25) is 9.59 Å². The predicted molar refractivity (Wildman–Crippen MR) is 118 cm³/mol. The molecule has 2 aromatic carbocycles. The molecule has 0 heterocycles. The first kappa shape index (κ1) is 23.3. The molecule has 32 heavy (non-hydrogen) atoms. The van der Waals surface area contributed by atoms with E-state index in [0.29, 0.717) is 6.61 Å². The number of amides is 2. The van der Waals surface area contributed by atoms with Crippen LogP contribution in [0.3, 0.4) is 0 Å². The maximum atomic E-state index is 12.5. The van der Waals surface area contributed by atoms with Crippen molar-refractivity contribution in [1.82, 2.24) is 10.6 Å². The van der Waals surface area contributed by atoms with Gasteiger partial charge in [-0.05, 0) is 36.1 Å². The minimum atomic E-state index is -1.26. The summed E-state index contributed by atoms with van der Waals surface area (Å²) >= 11 is 0. The maximum Gasteiger partial charge on any atom is 0.407 e. The maximum absolute atomic E-state index is 12.5. The Morgan fingerprint density at radius 3 is 2.16 bits per heavy atom. The van der Waals surface area contributed by atoms with E-state index in [1.165, 1.54) is 0 Å². The van der Waals surface area contributed by atoms with E-state index in [1.807, 2.05) is 55.5 Å². The zero-order valence-corrected chi connectivity index (χ0v) is 18.2. The second-order valence-corrected chi connectivity index (χ2v) is 7.69. The Balaban J connectivity index is 1.63. The van der Waals surface area contributed by atoms with E-state index in [-0.39, 0.29) is 25.2 Å². The number of nitrogens with one attached hydrogen (secondary N) is 2. The zero-order valence-electron chi connectivity index (χ0n) is 18.2. The number of ether oxygens (including phenoxy) is 2. The van der Waals surface area contributed by atoms with Gasteiger partial charge in [0.25, 0.3) is 0 Å². The van der Waals surface area contributed by atoms with Crippen LogP contribution < -0.4 is 10.6 Å². The minimum absolute atomic E-state index is 0.0714. The van der Waals surface area contributed by atoms with E-state index in [4.69, 9.17) is 14.6 Å². The van der Waals surface area contributed by atoms with Crippen LogP contribution in [0.15, 0.2) is 48.5 Å². The predicted octanol–water partition coefficient (Wildman–Crippen LogP) is 2.91. The summed E-state index contributed by atoms with van der Waals surface area (Å²) in [4.78, 5) is 36.1. The molecule has 1 aliphatic rings. The van der Waals surface area contributed by atoms with Crippen molar-refractivity contribution in [2.24, 2.45) is 0 Å². The lowest BCUT2D eigenvalue weighted by Gasteiger charge is -2.21. The van der Waals surface area contributed by atoms with Crippen LogP contribution in [0.25, 0.3) is 11.1 Å². The second kappa shape index (κ2) is 10.8. The third-order valence-corrected chi connectivity index (χ3v) is 5.29. The van der Waals surface area contributed by atoms with E-state index in [2.05, 4.69) is 10.6 Å². The number of aliphatic carboxylic acids is 1. The quantitative estimate of drug-likeness (QED) is 0.524. The number of carboxylic acids is 1. The van der Waals surface area contributed by atoms with E-state index in [9.17, 15) is 14.4 Å². The van der Waals surface area contributed by atoms with Crippen LogP contribution in [0.4, 0.5) is 4.79 Å². The molecule has 2 aromatic rings. The fraction of sp³-hybridized carbons (Fsp3) is 0.375. The number of benzene rings is 2. The Kier molecular flexibility index (Phi) is 7.83. The molecule has 2 atom stereocenters. The van der Waals surface area contributed by atoms with Crippen molar-refractivity contribution in [2.75, 3.05) is 19.8 Å². The monoisotopic (exact) mass is 440 g/mol. The average Bonchev–Trinajstić information content (AvgIpc) is 3.09. The Morgan fingerprint density at radius 1 is 1.00 bits per heavy atom. The number of rotatable bonds is 10. The Hall–Kier alpha value is -3.39. The zero-order chi connectivity index (χ0) is 23.1. The van der Waals surface area contributed by atoms with Gasteiger partial charge >= 0.3 is 12.1 Å². The van der Waals surface area contributed by atoms with E-state index < -0.39 is 30.4 Å². The van der Waals surface area contributed by atoms with Crippen molar-refractivity contribution < 1.29 is 29.0 Å². The van der Waals surface area contributed by atoms with Crippen molar-refractivity contribution in [2.45, 2.75) is 38.3 Å². The van der Waals surface area contributed by atoms with E-state index >= 15 is 0 Å². The van der Waals surface area contributed by atoms with Crippen LogP contribution in [0.5, 0.6) is 0 Å². The number of alkyl carbamates (subject to hydrolysis) is 1. The van der Waals surface area contributed by atoms with Crippen molar-refractivity contribution in [3.8, 4) is 11.1 Å². The van der Waals surface area contributed by atoms with Gasteiger partial charge in [-0.15, -0.1) is 0 Å². The molecule has 0 radical (unpaired) electrons. The molecule has 8 heteroatoms. The number of hydrogen-bond acceptors (Lipinski definition) is 5. The summed E-state index contributed by atoms with van der Waals surface area (Å²) < 4.78 is 10.7. The van der Waals surface area contributed by atoms with Crippen molar-refractivity contribution in [3.63, 3.8) is 0 Å². The standard InChI is InChI=1S/C24H28N2O6/c1-3-31-13-15(2)25-23(29)21(12-22(27)28)26-24(30)32-14-20-18-10-6-4-8-16(18)17-9-5-7-11-19(17)20/h4-11,15,20-21H,3,12-14H2,1-2H3,(H,25,29)(H,26,30)(H,27,28). The third-order valence-electron chi connectivity index (χ3n) is 5.29. The van der Waals surface area contributed by atoms with Crippen molar-refractivity contribution in [3.05, 3.63) is 59.7 Å². The molecular weight excluding hydrogens is 412 g/mol. The van der Waals surface area contributed by atoms with Gasteiger partial charge in [0.2, 0.25) is 5.91 Å². The highest BCUT2D eigenvalue weighted by molar-refractivity contribution is 5.89. The van der Waals surface area contributed by atoms with Gasteiger partial charge in [0.05, 0.1) is 13.0 Å². The SMILES string of the molecule is CCOCC(C)NC(=O)C(CC(=O)O)NC(=O)OCC1c2ccccc2-c2ccccc21. The number of carboxylic acid groups (broad SMARTS) is 1. The summed E-state index contributed by atoms with van der Waals surface area (Å²) in [5, 5.41) is 14.2. The summed E-state index contributed by atoms with van der Waals surface area (Å²) in [5.74, 6) is -1.94. The molecule has 3 rings (SSSR count). The third kappa shape index (κ3) is 5.64. The van der Waals surface area contributed by atoms with Gasteiger partial charge < -0.3 is 25.2 Å². The van der Waals surface area contributed by atoms with Gasteiger partial charge in [0.1, 0.15) is 12.6 Å². The largest absolute Gasteiger partial charge is 0.481 e. The average molecular weight is 440 g/mol. The van der Waals surface area contributed by atoms with Crippen LogP contribution in [0.1, 0.15) is 37.3 Å². The van der Waals surface area contributed by atoms with Crippen LogP contribution in [-0.2, 0) is 19.1 Å². The molecule has 0 saturated heterocycles. The molecular formula is C24H28N2O6. The Morgan fingerprint density at radius 2 is 1.59 bits per heavy atom. The van der Waals surface area contributed by atoms with Gasteiger partial charge in [-0.25, -0.2) is 4.79 Å². The molecule has 0 spiro atoms. The summed E-state index contributed by atoms with van der Waals surface area (Å²) in [6.45, 7) is 4.42. The highest BCUT2D eigenvalue weighted by Gasteiger charge is 2.30. The van der Waals surface area contributed by atoms with E-state index in [1.54, 1.807) is 6.92 Å². The second-order valence-electron chi connectivity index (χ2n) is 7.69. The molecule has 170 valence electrons. The van der Waals surface area contributed by atoms with Crippen LogP contribution in [0, 0.1) is 0 Å². The number of carbonyl (C=O) groups excluding carboxylic acids is 2. The highest BCUT2D eigenvalue weighted by atomic mass is 16.5. The lowest BCUT2D eigenvalue weighted by atomic mass is 9.98. The molecule has 0 saturated carbocycles. The fourth-order valence-corrected chi connectivity index (χ4v) is 3.85. The lowest BCUT2D eigenvalue weighted by Crippen LogP contribution is -2.51. The molecule has 0 aromatic heterocycles. The first-order chi connectivity index (χ1) is 15.4. The molecule has 2 unspecified atom stereocenters. The molecule has 0 fully saturated rings. The normalized spacial score (nSPS) is 14.1. The molecule has 0 bridgehead atoms. The van der Waals surface area contributed by atoms with Gasteiger partial charge in [0, 0.05) is 18.6 Å². The van der Waals surface area contributed by atoms with E-state index in [0.717, 1.165) is 22.3 Å². The van der Waals surface area contributed by atoms with Gasteiger partial charge in [0.15, 0.2) is 0 Å². The Bertz CT molecular complexity index is 931. The molecule has 2 amide bonds. The van der Waals surface area contributed by atoms with Gasteiger partial charge in [-0.2, -0.15) is 0 Å². The molecule has 0 aliphatic heterocycles. The summed E-state index contributed by atoms with van der Waals surface area (Å²) in [5.41, 5.74) is 4.32. The summed E-state index contributed by atoms with van der Waals surface area (Å²) in [7, 11) is 0. The number of fused-ring (bicyclic) bond motifs is 3. The highest BCUT2D eigenvalue weighted by Crippen LogP contribution is 2.44. The molecule has 3 N–H and O–H groups in total. The van der Waals surface area contributed by atoms with Crippen LogP contribution in [-0.4, -0.2) is 55.0 Å². The topological polar surface area (TPSA) is 114 Å². The molecule has 8 nitrogen and oxygen atoms in total. The van der Waals surface area contributed by atoms with Crippen LogP contribution in [0.2, 0.25) is 0 Å². The van der Waals surface area contributed by atoms with Crippen molar-refractivity contribution >= 4 is 18.0 Å². The summed E-state index contributed by atoms with van der Waals surface area (Å²) in [6, 6.07) is 14.3. The first-order valence-corrected chi connectivity index (χ1v) is 10.6. The first-order valence-electron chi connectivity index (χ1n) is 10.6. The number of carbonyl (C=O) groups is 3. The number of hydrogen-bond donors (Lipinski definition) is 3. The summed E-state index contributed by atoms with van der Waals surface area (Å²) in [6.07, 6.45) is -1.40. The smallest absolute Gasteiger partial charge is 0.407 e. The van der Waals surface area contributed by atoms with Crippen molar-refractivity contribution in [1.29, 1.82) is 0 Å². The minimum Gasteiger partial charge on any atom is -0.481 e. The molecule has 1 aliphatic carbocycles. The Labute approximate surface area is 186 Å². The van der Waals surface area contributed by atoms with Crippen LogP contribution >= 0.6 is 0 Å². The lowest BCUT2D eigenvalue weighted by molar-refractivity contribution is -0.140. The van der Waals surface area contributed by atoms with Gasteiger partial charge in [-0.1, -0.05) is 48.5 Å². The fourth-order valence-electron chi connectivity index (χ4n) is 3.85.